The van der Waals surface area contributed by atoms with Crippen LogP contribution in [0.4, 0.5) is 16.2 Å². The Morgan fingerprint density at radius 3 is 2.78 bits per heavy atom. The molecule has 3 rings (SSSR count). The van der Waals surface area contributed by atoms with Crippen LogP contribution in [0.2, 0.25) is 5.02 Å². The molecule has 0 aliphatic carbocycles. The number of ether oxygens (including phenoxy) is 2. The van der Waals surface area contributed by atoms with Crippen molar-refractivity contribution in [3.63, 3.8) is 0 Å². The number of nitrogens with one attached hydrogen (secondary N) is 2. The molecule has 0 aliphatic heterocycles. The van der Waals surface area contributed by atoms with E-state index in [2.05, 4.69) is 15.7 Å². The third kappa shape index (κ3) is 4.12. The maximum absolute atomic E-state index is 12.3. The number of carbonyl (C=O) groups excluding carboxylic acids is 2. The Hall–Kier alpha value is -3.26. The molecular formula is C18H17ClN4O4. The third-order valence-electron chi connectivity index (χ3n) is 3.68. The van der Waals surface area contributed by atoms with Crippen molar-refractivity contribution < 1.29 is 19.1 Å². The van der Waals surface area contributed by atoms with Gasteiger partial charge in [-0.15, -0.1) is 0 Å². The van der Waals surface area contributed by atoms with E-state index in [-0.39, 0.29) is 6.61 Å². The van der Waals surface area contributed by atoms with Crippen molar-refractivity contribution in [2.45, 2.75) is 6.92 Å². The average molecular weight is 389 g/mol. The Morgan fingerprint density at radius 1 is 1.22 bits per heavy atom. The number of hydrogen-bond acceptors (Lipinski definition) is 5. The Morgan fingerprint density at radius 2 is 2.04 bits per heavy atom. The SMILES string of the molecule is CCOC(=O)c1cnn2ccc(NC(=O)Nc3cc(Cl)ccc3OC)cc12. The maximum atomic E-state index is 12.3. The van der Waals surface area contributed by atoms with Gasteiger partial charge in [0.1, 0.15) is 11.3 Å². The molecule has 2 heterocycles. The van der Waals surface area contributed by atoms with Crippen molar-refractivity contribution in [3.05, 3.63) is 53.3 Å². The van der Waals surface area contributed by atoms with Crippen LogP contribution in [0.25, 0.3) is 5.52 Å². The molecule has 2 amide bonds. The third-order valence-corrected chi connectivity index (χ3v) is 3.92. The number of fused-ring (bicyclic) bond motifs is 1. The summed E-state index contributed by atoms with van der Waals surface area (Å²) >= 11 is 5.96. The molecule has 0 spiro atoms. The molecule has 0 radical (unpaired) electrons. The number of urea groups is 1. The fourth-order valence-electron chi connectivity index (χ4n) is 2.49. The van der Waals surface area contributed by atoms with E-state index in [4.69, 9.17) is 21.1 Å². The summed E-state index contributed by atoms with van der Waals surface area (Å²) in [4.78, 5) is 24.3. The van der Waals surface area contributed by atoms with E-state index in [0.29, 0.717) is 33.2 Å². The van der Waals surface area contributed by atoms with E-state index < -0.39 is 12.0 Å². The molecule has 3 aromatic rings. The summed E-state index contributed by atoms with van der Waals surface area (Å²) < 4.78 is 11.7. The summed E-state index contributed by atoms with van der Waals surface area (Å²) in [5.41, 5.74) is 1.75. The number of amides is 2. The number of esters is 1. The first-order chi connectivity index (χ1) is 13.0. The van der Waals surface area contributed by atoms with Gasteiger partial charge in [0.15, 0.2) is 0 Å². The van der Waals surface area contributed by atoms with Crippen LogP contribution >= 0.6 is 11.6 Å². The van der Waals surface area contributed by atoms with Gasteiger partial charge in [-0.3, -0.25) is 0 Å². The molecule has 9 heteroatoms. The molecule has 0 unspecified atom stereocenters. The van der Waals surface area contributed by atoms with Crippen molar-refractivity contribution in [2.24, 2.45) is 0 Å². The monoisotopic (exact) mass is 388 g/mol. The molecule has 0 saturated heterocycles. The van der Waals surface area contributed by atoms with E-state index in [0.717, 1.165) is 0 Å². The summed E-state index contributed by atoms with van der Waals surface area (Å²) in [6.07, 6.45) is 3.06. The quantitative estimate of drug-likeness (QED) is 0.648. The van der Waals surface area contributed by atoms with Crippen molar-refractivity contribution in [2.75, 3.05) is 24.4 Å². The lowest BCUT2D eigenvalue weighted by Crippen LogP contribution is -2.20. The zero-order chi connectivity index (χ0) is 19.4. The topological polar surface area (TPSA) is 94.0 Å². The van der Waals surface area contributed by atoms with Crippen molar-refractivity contribution in [1.29, 1.82) is 0 Å². The van der Waals surface area contributed by atoms with Crippen LogP contribution in [0, 0.1) is 0 Å². The highest BCUT2D eigenvalue weighted by Gasteiger charge is 2.15. The first-order valence-electron chi connectivity index (χ1n) is 8.08. The molecule has 0 atom stereocenters. The Balaban J connectivity index is 1.80. The highest BCUT2D eigenvalue weighted by atomic mass is 35.5. The van der Waals surface area contributed by atoms with E-state index >= 15 is 0 Å². The van der Waals surface area contributed by atoms with Crippen LogP contribution < -0.4 is 15.4 Å². The second-order valence-electron chi connectivity index (χ2n) is 5.45. The number of carbonyl (C=O) groups is 2. The minimum atomic E-state index is -0.489. The molecule has 8 nitrogen and oxygen atoms in total. The smallest absolute Gasteiger partial charge is 0.341 e. The molecule has 2 N–H and O–H groups in total. The highest BCUT2D eigenvalue weighted by molar-refractivity contribution is 6.31. The zero-order valence-corrected chi connectivity index (χ0v) is 15.4. The first kappa shape index (κ1) is 18.5. The van der Waals surface area contributed by atoms with Gasteiger partial charge in [-0.05, 0) is 37.3 Å². The van der Waals surface area contributed by atoms with Crippen molar-refractivity contribution in [1.82, 2.24) is 9.61 Å². The van der Waals surface area contributed by atoms with Crippen LogP contribution in [0.1, 0.15) is 17.3 Å². The van der Waals surface area contributed by atoms with Crippen molar-refractivity contribution >= 4 is 40.5 Å². The lowest BCUT2D eigenvalue weighted by Gasteiger charge is -2.12. The van der Waals surface area contributed by atoms with Crippen molar-refractivity contribution in [3.8, 4) is 5.75 Å². The molecular weight excluding hydrogens is 372 g/mol. The minimum Gasteiger partial charge on any atom is -0.495 e. The number of nitrogens with zero attached hydrogens (tertiary/aromatic N) is 2. The fourth-order valence-corrected chi connectivity index (χ4v) is 2.66. The molecule has 27 heavy (non-hydrogen) atoms. The number of rotatable bonds is 5. The maximum Gasteiger partial charge on any atom is 0.341 e. The van der Waals surface area contributed by atoms with Crippen LogP contribution in [-0.2, 0) is 4.74 Å². The number of anilines is 2. The Bertz CT molecular complexity index is 1000. The van der Waals surface area contributed by atoms with Gasteiger partial charge in [-0.1, -0.05) is 11.6 Å². The summed E-state index contributed by atoms with van der Waals surface area (Å²) in [5, 5.41) is 9.94. The van der Waals surface area contributed by atoms with Gasteiger partial charge in [-0.25, -0.2) is 14.1 Å². The standard InChI is InChI=1S/C18H17ClN4O4/c1-3-27-17(24)13-10-20-23-7-6-12(9-15(13)23)21-18(25)22-14-8-11(19)4-5-16(14)26-2/h4-10H,3H2,1-2H3,(H2,21,22,25). The van der Waals surface area contributed by atoms with Gasteiger partial charge in [0.2, 0.25) is 0 Å². The van der Waals surface area contributed by atoms with E-state index in [1.807, 2.05) is 0 Å². The van der Waals surface area contributed by atoms with E-state index in [9.17, 15) is 9.59 Å². The lowest BCUT2D eigenvalue weighted by atomic mass is 10.2. The van der Waals surface area contributed by atoms with Gasteiger partial charge in [-0.2, -0.15) is 5.10 Å². The van der Waals surface area contributed by atoms with E-state index in [1.54, 1.807) is 43.5 Å². The zero-order valence-electron chi connectivity index (χ0n) is 14.7. The average Bonchev–Trinajstić information content (AvgIpc) is 3.05. The molecule has 0 aliphatic rings. The van der Waals surface area contributed by atoms with E-state index in [1.165, 1.54) is 17.8 Å². The summed E-state index contributed by atoms with van der Waals surface area (Å²) in [6.45, 7) is 1.99. The predicted octanol–water partition coefficient (Wildman–Crippen LogP) is 3.82. The minimum absolute atomic E-state index is 0.262. The highest BCUT2D eigenvalue weighted by Crippen LogP contribution is 2.28. The number of pyridine rings is 1. The largest absolute Gasteiger partial charge is 0.495 e. The number of methoxy groups -OCH3 is 1. The lowest BCUT2D eigenvalue weighted by molar-refractivity contribution is 0.0528. The summed E-state index contributed by atoms with van der Waals surface area (Å²) in [6, 6.07) is 7.70. The van der Waals surface area contributed by atoms with Gasteiger partial charge < -0.3 is 20.1 Å². The number of aromatic nitrogens is 2. The molecule has 0 saturated carbocycles. The molecule has 0 bridgehead atoms. The number of benzene rings is 1. The van der Waals surface area contributed by atoms with Crippen LogP contribution in [0.15, 0.2) is 42.7 Å². The van der Waals surface area contributed by atoms with Gasteiger partial charge in [0, 0.05) is 16.9 Å². The predicted molar refractivity (Wildman–Crippen MR) is 102 cm³/mol. The summed E-state index contributed by atoms with van der Waals surface area (Å²) in [7, 11) is 1.50. The van der Waals surface area contributed by atoms with Crippen LogP contribution in [0.3, 0.4) is 0 Å². The van der Waals surface area contributed by atoms with Gasteiger partial charge in [0.05, 0.1) is 31.1 Å². The molecule has 0 fully saturated rings. The Labute approximate surface area is 160 Å². The number of hydrogen-bond donors (Lipinski definition) is 2. The number of halogens is 1. The fraction of sp³-hybridized carbons (Fsp3) is 0.167. The first-order valence-corrected chi connectivity index (χ1v) is 8.45. The normalized spacial score (nSPS) is 10.5. The molecule has 2 aromatic heterocycles. The van der Waals surface area contributed by atoms with Gasteiger partial charge in [0.25, 0.3) is 0 Å². The van der Waals surface area contributed by atoms with Crippen LogP contribution in [-0.4, -0.2) is 35.3 Å². The second-order valence-corrected chi connectivity index (χ2v) is 5.88. The van der Waals surface area contributed by atoms with Gasteiger partial charge >= 0.3 is 12.0 Å². The second kappa shape index (κ2) is 7.96. The molecule has 1 aromatic carbocycles. The Kier molecular flexibility index (Phi) is 5.46. The summed E-state index contributed by atoms with van der Waals surface area (Å²) in [5.74, 6) is 0.00292. The van der Waals surface area contributed by atoms with Crippen LogP contribution in [0.5, 0.6) is 5.75 Å². The molecule has 140 valence electrons.